The van der Waals surface area contributed by atoms with E-state index in [1.807, 2.05) is 32.9 Å². The van der Waals surface area contributed by atoms with Crippen LogP contribution in [-0.2, 0) is 9.53 Å². The SMILES string of the molecule is CC1=CC(C)C(O[C@H](C)C(=O)N[C@@](C)(C#N)C(C)C)C=C1. The lowest BCUT2D eigenvalue weighted by molar-refractivity contribution is -0.136. The molecule has 4 nitrogen and oxygen atoms in total. The van der Waals surface area contributed by atoms with E-state index in [0.29, 0.717) is 0 Å². The van der Waals surface area contributed by atoms with Gasteiger partial charge in [-0.25, -0.2) is 0 Å². The van der Waals surface area contributed by atoms with Crippen molar-refractivity contribution >= 4 is 5.91 Å². The number of carbonyl (C=O) groups is 1. The number of nitriles is 1. The zero-order valence-electron chi connectivity index (χ0n) is 13.8. The minimum Gasteiger partial charge on any atom is -0.361 e. The van der Waals surface area contributed by atoms with Crippen LogP contribution in [0.2, 0.25) is 0 Å². The third-order valence-corrected chi connectivity index (χ3v) is 4.09. The molecule has 116 valence electrons. The first-order chi connectivity index (χ1) is 9.69. The topological polar surface area (TPSA) is 62.1 Å². The Balaban J connectivity index is 2.65. The lowest BCUT2D eigenvalue weighted by Gasteiger charge is -2.30. The molecule has 0 bridgehead atoms. The highest BCUT2D eigenvalue weighted by atomic mass is 16.5. The Hall–Kier alpha value is -1.60. The molecule has 1 N–H and O–H groups in total. The minimum atomic E-state index is -0.876. The molecule has 1 amide bonds. The Morgan fingerprint density at radius 1 is 1.48 bits per heavy atom. The van der Waals surface area contributed by atoms with Crippen molar-refractivity contribution in [3.8, 4) is 6.07 Å². The third kappa shape index (κ3) is 4.44. The molecule has 0 heterocycles. The highest BCUT2D eigenvalue weighted by Crippen LogP contribution is 2.21. The van der Waals surface area contributed by atoms with Crippen LogP contribution in [0.25, 0.3) is 0 Å². The maximum atomic E-state index is 12.2. The van der Waals surface area contributed by atoms with E-state index in [1.54, 1.807) is 13.8 Å². The largest absolute Gasteiger partial charge is 0.361 e. The standard InChI is InChI=1S/C17H26N2O2/c1-11(2)17(6,10-18)19-16(20)14(5)21-15-8-7-12(3)9-13(15)4/h7-9,11,13-15H,1-6H3,(H,19,20)/t13?,14-,15?,17+/m1/s1. The van der Waals surface area contributed by atoms with Gasteiger partial charge < -0.3 is 10.1 Å². The van der Waals surface area contributed by atoms with Gasteiger partial charge in [0.25, 0.3) is 0 Å². The number of nitrogens with zero attached hydrogens (tertiary/aromatic N) is 1. The number of amides is 1. The number of hydrogen-bond donors (Lipinski definition) is 1. The quantitative estimate of drug-likeness (QED) is 0.846. The van der Waals surface area contributed by atoms with Crippen molar-refractivity contribution in [1.82, 2.24) is 5.32 Å². The van der Waals surface area contributed by atoms with Crippen molar-refractivity contribution in [2.24, 2.45) is 11.8 Å². The Morgan fingerprint density at radius 3 is 2.57 bits per heavy atom. The van der Waals surface area contributed by atoms with Crippen LogP contribution in [0.5, 0.6) is 0 Å². The fourth-order valence-electron chi connectivity index (χ4n) is 2.11. The van der Waals surface area contributed by atoms with Crippen LogP contribution in [0, 0.1) is 23.2 Å². The van der Waals surface area contributed by atoms with Crippen molar-refractivity contribution in [2.45, 2.75) is 59.3 Å². The van der Waals surface area contributed by atoms with Gasteiger partial charge in [-0.1, -0.05) is 44.6 Å². The van der Waals surface area contributed by atoms with Crippen LogP contribution in [0.4, 0.5) is 0 Å². The molecule has 1 aliphatic carbocycles. The summed E-state index contributed by atoms with van der Waals surface area (Å²) in [6.45, 7) is 11.4. The summed E-state index contributed by atoms with van der Waals surface area (Å²) < 4.78 is 5.83. The van der Waals surface area contributed by atoms with E-state index in [4.69, 9.17) is 4.74 Å². The van der Waals surface area contributed by atoms with Crippen LogP contribution in [0.3, 0.4) is 0 Å². The molecule has 21 heavy (non-hydrogen) atoms. The molecule has 1 aliphatic rings. The Bertz CT molecular complexity index is 488. The number of carbonyl (C=O) groups excluding carboxylic acids is 1. The van der Waals surface area contributed by atoms with Crippen LogP contribution in [0.1, 0.15) is 41.5 Å². The maximum absolute atomic E-state index is 12.2. The summed E-state index contributed by atoms with van der Waals surface area (Å²) >= 11 is 0. The van der Waals surface area contributed by atoms with Gasteiger partial charge in [0.2, 0.25) is 5.91 Å². The highest BCUT2D eigenvalue weighted by molar-refractivity contribution is 5.81. The summed E-state index contributed by atoms with van der Waals surface area (Å²) in [5.41, 5.74) is 0.329. The highest BCUT2D eigenvalue weighted by Gasteiger charge is 2.32. The molecular weight excluding hydrogens is 264 g/mol. The molecule has 2 unspecified atom stereocenters. The zero-order valence-corrected chi connectivity index (χ0v) is 13.8. The molecule has 0 radical (unpaired) electrons. The first kappa shape index (κ1) is 17.5. The van der Waals surface area contributed by atoms with Gasteiger partial charge in [-0.05, 0) is 26.7 Å². The monoisotopic (exact) mass is 290 g/mol. The maximum Gasteiger partial charge on any atom is 0.250 e. The van der Waals surface area contributed by atoms with Gasteiger partial charge in [0.15, 0.2) is 0 Å². The van der Waals surface area contributed by atoms with E-state index in [2.05, 4.69) is 24.4 Å². The van der Waals surface area contributed by atoms with Gasteiger partial charge in [-0.3, -0.25) is 4.79 Å². The normalized spacial score (nSPS) is 25.7. The average molecular weight is 290 g/mol. The van der Waals surface area contributed by atoms with E-state index in [9.17, 15) is 10.1 Å². The van der Waals surface area contributed by atoms with E-state index in [-0.39, 0.29) is 23.8 Å². The van der Waals surface area contributed by atoms with Gasteiger partial charge >= 0.3 is 0 Å². The summed E-state index contributed by atoms with van der Waals surface area (Å²) in [4.78, 5) is 12.2. The average Bonchev–Trinajstić information content (AvgIpc) is 2.41. The second-order valence-electron chi connectivity index (χ2n) is 6.33. The number of hydrogen-bond acceptors (Lipinski definition) is 3. The zero-order chi connectivity index (χ0) is 16.2. The molecule has 4 atom stereocenters. The predicted molar refractivity (Wildman–Crippen MR) is 83.4 cm³/mol. The fourth-order valence-corrected chi connectivity index (χ4v) is 2.11. The van der Waals surface area contributed by atoms with Crippen LogP contribution in [0.15, 0.2) is 23.8 Å². The number of allylic oxidation sites excluding steroid dienone is 2. The van der Waals surface area contributed by atoms with Crippen molar-refractivity contribution in [3.63, 3.8) is 0 Å². The summed E-state index contributed by atoms with van der Waals surface area (Å²) in [5.74, 6) is 0.00931. The van der Waals surface area contributed by atoms with Crippen molar-refractivity contribution < 1.29 is 9.53 Å². The Morgan fingerprint density at radius 2 is 2.10 bits per heavy atom. The molecule has 0 fully saturated rings. The van der Waals surface area contributed by atoms with Gasteiger partial charge in [0, 0.05) is 5.92 Å². The van der Waals surface area contributed by atoms with Gasteiger partial charge in [-0.15, -0.1) is 0 Å². The second kappa shape index (κ2) is 6.91. The molecule has 0 aromatic heterocycles. The number of nitrogens with one attached hydrogen (secondary N) is 1. The number of ether oxygens (including phenoxy) is 1. The third-order valence-electron chi connectivity index (χ3n) is 4.09. The predicted octanol–water partition coefficient (Wildman–Crippen LogP) is 2.97. The van der Waals surface area contributed by atoms with E-state index >= 15 is 0 Å². The molecule has 0 aromatic rings. The summed E-state index contributed by atoms with van der Waals surface area (Å²) in [5, 5.41) is 12.0. The van der Waals surface area contributed by atoms with E-state index in [0.717, 1.165) is 0 Å². The molecular formula is C17H26N2O2. The summed E-state index contributed by atoms with van der Waals surface area (Å²) in [6.07, 6.45) is 5.41. The van der Waals surface area contributed by atoms with Gasteiger partial charge in [0.1, 0.15) is 11.6 Å². The van der Waals surface area contributed by atoms with Crippen molar-refractivity contribution in [3.05, 3.63) is 23.8 Å². The fraction of sp³-hybridized carbons (Fsp3) is 0.647. The lowest BCUT2D eigenvalue weighted by atomic mass is 9.90. The Kier molecular flexibility index (Phi) is 5.74. The molecule has 0 saturated carbocycles. The van der Waals surface area contributed by atoms with Gasteiger partial charge in [-0.2, -0.15) is 5.26 Å². The van der Waals surface area contributed by atoms with Crippen molar-refractivity contribution in [2.75, 3.05) is 0 Å². The lowest BCUT2D eigenvalue weighted by Crippen LogP contribution is -2.52. The molecule has 0 saturated heterocycles. The Labute approximate surface area is 127 Å². The molecule has 4 heteroatoms. The molecule has 0 aliphatic heterocycles. The van der Waals surface area contributed by atoms with Crippen LogP contribution in [-0.4, -0.2) is 23.7 Å². The van der Waals surface area contributed by atoms with Crippen LogP contribution >= 0.6 is 0 Å². The first-order valence-corrected chi connectivity index (χ1v) is 7.45. The van der Waals surface area contributed by atoms with Crippen molar-refractivity contribution in [1.29, 1.82) is 5.26 Å². The summed E-state index contributed by atoms with van der Waals surface area (Å²) in [6, 6.07) is 2.17. The minimum absolute atomic E-state index is 0.0257. The second-order valence-corrected chi connectivity index (χ2v) is 6.33. The van der Waals surface area contributed by atoms with Gasteiger partial charge in [0.05, 0.1) is 12.2 Å². The molecule has 0 aromatic carbocycles. The molecule has 1 rings (SSSR count). The van der Waals surface area contributed by atoms with E-state index in [1.165, 1.54) is 5.57 Å². The molecule has 0 spiro atoms. The van der Waals surface area contributed by atoms with E-state index < -0.39 is 11.6 Å². The summed E-state index contributed by atoms with van der Waals surface area (Å²) in [7, 11) is 0. The smallest absolute Gasteiger partial charge is 0.250 e. The first-order valence-electron chi connectivity index (χ1n) is 7.45. The number of rotatable bonds is 5. The van der Waals surface area contributed by atoms with Crippen LogP contribution < -0.4 is 5.32 Å².